The summed E-state index contributed by atoms with van der Waals surface area (Å²) in [6.07, 6.45) is 1.96. The minimum Gasteiger partial charge on any atom is -0.496 e. The number of hydrogen-bond donors (Lipinski definition) is 2. The van der Waals surface area contributed by atoms with Crippen molar-refractivity contribution in [3.05, 3.63) is 68.7 Å². The summed E-state index contributed by atoms with van der Waals surface area (Å²) in [5.74, 6) is 0.511. The van der Waals surface area contributed by atoms with E-state index in [1.807, 2.05) is 0 Å². The van der Waals surface area contributed by atoms with Crippen LogP contribution >= 0.6 is 11.3 Å². The molecule has 1 aliphatic heterocycles. The number of benzene rings is 1. The average Bonchev–Trinajstić information content (AvgIpc) is 3.63. The predicted octanol–water partition coefficient (Wildman–Crippen LogP) is 2.10. The molecule has 3 atom stereocenters. The monoisotopic (exact) mass is 584 g/mol. The molecule has 218 valence electrons. The highest BCUT2D eigenvalue weighted by atomic mass is 32.1. The lowest BCUT2D eigenvalue weighted by molar-refractivity contribution is -0.136. The van der Waals surface area contributed by atoms with Crippen LogP contribution in [0.15, 0.2) is 50.7 Å². The Kier molecular flexibility index (Phi) is 8.40. The minimum absolute atomic E-state index is 0.0735. The van der Waals surface area contributed by atoms with Crippen molar-refractivity contribution in [3.8, 4) is 16.5 Å². The number of aliphatic hydroxyl groups is 2. The maximum atomic E-state index is 14.2. The number of aryl methyl sites for hydroxylation is 1. The van der Waals surface area contributed by atoms with Crippen molar-refractivity contribution < 1.29 is 28.9 Å². The van der Waals surface area contributed by atoms with Gasteiger partial charge in [-0.1, -0.05) is 18.2 Å². The van der Waals surface area contributed by atoms with Crippen molar-refractivity contribution in [1.82, 2.24) is 19.0 Å². The number of nitrogens with zero attached hydrogens (tertiary/aromatic N) is 4. The standard InChI is InChI=1S/C28H32N4O8S/c1-16-22-26(36)32(19-8-6-11-30(2)25(19)35)28(37)31(27(22)41-23(16)24-29-10-12-39-24)13-21(40-15-17(34)14-33)18-7-4-5-9-20(18)38-3/h4-5,7,9-10,12,17,19,21,33-34H,6,8,11,13-15H2,1-3H3/t17?,19?,21-/m0/s1. The Morgan fingerprint density at radius 3 is 2.73 bits per heavy atom. The number of oxazole rings is 1. The van der Waals surface area contributed by atoms with Crippen molar-refractivity contribution in [2.75, 3.05) is 33.9 Å². The van der Waals surface area contributed by atoms with E-state index >= 15 is 0 Å². The first-order valence-corrected chi connectivity index (χ1v) is 14.0. The van der Waals surface area contributed by atoms with Crippen LogP contribution in [-0.4, -0.2) is 75.2 Å². The van der Waals surface area contributed by atoms with E-state index in [0.29, 0.717) is 51.9 Å². The van der Waals surface area contributed by atoms with Gasteiger partial charge in [0.15, 0.2) is 0 Å². The number of para-hydroxylation sites is 1. The van der Waals surface area contributed by atoms with Crippen LogP contribution in [0.2, 0.25) is 0 Å². The van der Waals surface area contributed by atoms with Crippen LogP contribution in [0.25, 0.3) is 21.0 Å². The number of amides is 1. The normalized spacial score (nSPS) is 17.2. The number of likely N-dealkylation sites (N-methyl/N-ethyl adjacent to an activating group) is 1. The Labute approximate surface area is 239 Å². The zero-order chi connectivity index (χ0) is 29.3. The van der Waals surface area contributed by atoms with Crippen molar-refractivity contribution in [1.29, 1.82) is 0 Å². The molecule has 1 aromatic carbocycles. The second-order valence-corrected chi connectivity index (χ2v) is 11.0. The van der Waals surface area contributed by atoms with E-state index in [4.69, 9.17) is 13.9 Å². The number of methoxy groups -OCH3 is 1. The van der Waals surface area contributed by atoms with Gasteiger partial charge in [0.25, 0.3) is 5.56 Å². The van der Waals surface area contributed by atoms with E-state index in [0.717, 1.165) is 4.57 Å². The number of rotatable bonds is 10. The van der Waals surface area contributed by atoms with Gasteiger partial charge in [-0.15, -0.1) is 11.3 Å². The van der Waals surface area contributed by atoms with Crippen LogP contribution in [0.1, 0.15) is 36.1 Å². The summed E-state index contributed by atoms with van der Waals surface area (Å²) < 4.78 is 19.6. The fourth-order valence-corrected chi connectivity index (χ4v) is 6.45. The fourth-order valence-electron chi connectivity index (χ4n) is 5.21. The molecule has 0 saturated carbocycles. The number of carbonyl (C=O) groups is 1. The van der Waals surface area contributed by atoms with E-state index in [1.54, 1.807) is 38.2 Å². The second kappa shape index (κ2) is 12.0. The number of carbonyl (C=O) groups excluding carboxylic acids is 1. The fraction of sp³-hybridized carbons (Fsp3) is 0.429. The molecule has 0 bridgehead atoms. The third-order valence-electron chi connectivity index (χ3n) is 7.35. The predicted molar refractivity (Wildman–Crippen MR) is 151 cm³/mol. The molecule has 5 rings (SSSR count). The number of aliphatic hydroxyl groups excluding tert-OH is 2. The molecule has 1 fully saturated rings. The average molecular weight is 585 g/mol. The van der Waals surface area contributed by atoms with E-state index in [9.17, 15) is 24.6 Å². The Bertz CT molecular complexity index is 1660. The van der Waals surface area contributed by atoms with Gasteiger partial charge in [-0.25, -0.2) is 14.3 Å². The molecule has 12 nitrogen and oxygen atoms in total. The zero-order valence-corrected chi connectivity index (χ0v) is 23.8. The molecule has 2 N–H and O–H groups in total. The second-order valence-electron chi connectivity index (χ2n) is 9.96. The van der Waals surface area contributed by atoms with Crippen LogP contribution < -0.4 is 16.0 Å². The quantitative estimate of drug-likeness (QED) is 0.286. The molecule has 0 aliphatic carbocycles. The van der Waals surface area contributed by atoms with Gasteiger partial charge in [-0.05, 0) is 31.4 Å². The first-order valence-electron chi connectivity index (χ1n) is 13.2. The molecule has 1 aliphatic rings. The van der Waals surface area contributed by atoms with Gasteiger partial charge < -0.3 is 29.0 Å². The number of aromatic nitrogens is 3. The van der Waals surface area contributed by atoms with Crippen LogP contribution in [0.3, 0.4) is 0 Å². The van der Waals surface area contributed by atoms with Crippen molar-refractivity contribution in [3.63, 3.8) is 0 Å². The molecule has 13 heteroatoms. The number of likely N-dealkylation sites (tertiary alicyclic amines) is 1. The molecule has 1 saturated heterocycles. The van der Waals surface area contributed by atoms with Gasteiger partial charge in [0, 0.05) is 19.2 Å². The number of piperidine rings is 1. The topological polar surface area (TPSA) is 149 Å². The highest BCUT2D eigenvalue weighted by molar-refractivity contribution is 7.22. The van der Waals surface area contributed by atoms with E-state index in [-0.39, 0.29) is 24.4 Å². The van der Waals surface area contributed by atoms with Gasteiger partial charge in [-0.2, -0.15) is 0 Å². The zero-order valence-electron chi connectivity index (χ0n) is 23.0. The van der Waals surface area contributed by atoms with Crippen molar-refractivity contribution >= 4 is 27.5 Å². The Hall–Kier alpha value is -3.78. The highest BCUT2D eigenvalue weighted by Gasteiger charge is 2.34. The van der Waals surface area contributed by atoms with Crippen LogP contribution in [-0.2, 0) is 16.1 Å². The summed E-state index contributed by atoms with van der Waals surface area (Å²) >= 11 is 1.19. The molecule has 0 spiro atoms. The Morgan fingerprint density at radius 1 is 1.24 bits per heavy atom. The number of ether oxygens (including phenoxy) is 2. The number of fused-ring (bicyclic) bond motifs is 1. The van der Waals surface area contributed by atoms with Gasteiger partial charge in [0.1, 0.15) is 35.1 Å². The molecule has 3 aromatic heterocycles. The molecular formula is C28H32N4O8S. The van der Waals surface area contributed by atoms with E-state index < -0.39 is 36.1 Å². The molecule has 41 heavy (non-hydrogen) atoms. The summed E-state index contributed by atoms with van der Waals surface area (Å²) in [5, 5.41) is 19.7. The number of thiophene rings is 1. The lowest BCUT2D eigenvalue weighted by Crippen LogP contribution is -2.49. The highest BCUT2D eigenvalue weighted by Crippen LogP contribution is 2.37. The molecule has 2 unspecified atom stereocenters. The molecule has 1 amide bonds. The maximum absolute atomic E-state index is 14.2. The smallest absolute Gasteiger partial charge is 0.332 e. The maximum Gasteiger partial charge on any atom is 0.332 e. The number of hydrogen-bond acceptors (Lipinski definition) is 10. The summed E-state index contributed by atoms with van der Waals surface area (Å²) in [7, 11) is 3.17. The van der Waals surface area contributed by atoms with Gasteiger partial charge in [-0.3, -0.25) is 14.2 Å². The largest absolute Gasteiger partial charge is 0.496 e. The van der Waals surface area contributed by atoms with E-state index in [2.05, 4.69) is 4.98 Å². The first-order chi connectivity index (χ1) is 19.8. The van der Waals surface area contributed by atoms with Gasteiger partial charge in [0.05, 0.1) is 43.3 Å². The van der Waals surface area contributed by atoms with Crippen LogP contribution in [0.4, 0.5) is 0 Å². The SMILES string of the molecule is COc1ccccc1[C@H](Cn1c(=O)n(C2CCCN(C)C2=O)c(=O)c2c(C)c(-c3ncco3)sc21)OCC(O)CO. The van der Waals surface area contributed by atoms with Crippen LogP contribution in [0.5, 0.6) is 5.75 Å². The van der Waals surface area contributed by atoms with Crippen molar-refractivity contribution in [2.24, 2.45) is 0 Å². The summed E-state index contributed by atoms with van der Waals surface area (Å²) in [5.41, 5.74) is -0.0101. The van der Waals surface area contributed by atoms with Gasteiger partial charge >= 0.3 is 5.69 Å². The third-order valence-corrected chi connectivity index (χ3v) is 8.65. The Balaban J connectivity index is 1.74. The lowest BCUT2D eigenvalue weighted by atomic mass is 10.0. The molecule has 4 aromatic rings. The summed E-state index contributed by atoms with van der Waals surface area (Å²) in [4.78, 5) is 48.2. The van der Waals surface area contributed by atoms with E-state index in [1.165, 1.54) is 40.4 Å². The summed E-state index contributed by atoms with van der Waals surface area (Å²) in [6, 6.07) is 6.17. The van der Waals surface area contributed by atoms with Crippen LogP contribution in [0, 0.1) is 6.92 Å². The molecule has 4 heterocycles. The first kappa shape index (κ1) is 28.7. The minimum atomic E-state index is -1.14. The third kappa shape index (κ3) is 5.33. The molecule has 0 radical (unpaired) electrons. The summed E-state index contributed by atoms with van der Waals surface area (Å²) in [6.45, 7) is 1.51. The Morgan fingerprint density at radius 2 is 2.02 bits per heavy atom. The van der Waals surface area contributed by atoms with Crippen molar-refractivity contribution in [2.45, 2.75) is 44.6 Å². The lowest BCUT2D eigenvalue weighted by Gasteiger charge is -2.30. The molecular weight excluding hydrogens is 552 g/mol. The van der Waals surface area contributed by atoms with Gasteiger partial charge in [0.2, 0.25) is 11.8 Å².